The summed E-state index contributed by atoms with van der Waals surface area (Å²) in [6.07, 6.45) is 1.74. The van der Waals surface area contributed by atoms with Gasteiger partial charge in [-0.15, -0.1) is 0 Å². The van der Waals surface area contributed by atoms with E-state index in [4.69, 9.17) is 4.74 Å². The largest absolute Gasteiger partial charge is 0.381 e. The van der Waals surface area contributed by atoms with E-state index in [0.717, 1.165) is 18.5 Å². The Hall–Kier alpha value is -1.43. The lowest BCUT2D eigenvalue weighted by Crippen LogP contribution is -2.39. The number of carbonyl (C=O) groups is 1. The molecule has 2 aliphatic heterocycles. The van der Waals surface area contributed by atoms with Crippen molar-refractivity contribution in [2.24, 2.45) is 0 Å². The Labute approximate surface area is 105 Å². The van der Waals surface area contributed by atoms with E-state index >= 15 is 0 Å². The Balaban J connectivity index is 1.96. The van der Waals surface area contributed by atoms with Crippen molar-refractivity contribution in [1.82, 2.24) is 14.5 Å². The highest BCUT2D eigenvalue weighted by molar-refractivity contribution is 5.80. The predicted octanol–water partition coefficient (Wildman–Crippen LogP) is 1.22. The van der Waals surface area contributed by atoms with Crippen LogP contribution in [0.4, 0.5) is 4.39 Å². The first-order valence-electron chi connectivity index (χ1n) is 6.21. The summed E-state index contributed by atoms with van der Waals surface area (Å²) in [5.41, 5.74) is 0.770. The van der Waals surface area contributed by atoms with E-state index < -0.39 is 12.2 Å². The number of carbonyl (C=O) groups excluding carboxylic acids is 1. The third-order valence-corrected chi connectivity index (χ3v) is 3.69. The standard InChI is InChI=1S/C12H16FN3O2/c1-15-7-9-6-14-11(8-2-4-18-5-3-8)16(9)10(13)12(15)17/h6,8,10H,2-5,7H2,1H3. The maximum Gasteiger partial charge on any atom is 0.278 e. The number of hydrogen-bond donors (Lipinski definition) is 0. The van der Waals surface area contributed by atoms with Crippen LogP contribution in [0.5, 0.6) is 0 Å². The van der Waals surface area contributed by atoms with Crippen LogP contribution in [0.1, 0.15) is 36.6 Å². The lowest BCUT2D eigenvalue weighted by atomic mass is 9.99. The van der Waals surface area contributed by atoms with E-state index in [9.17, 15) is 9.18 Å². The lowest BCUT2D eigenvalue weighted by Gasteiger charge is -2.30. The van der Waals surface area contributed by atoms with Crippen molar-refractivity contribution in [3.63, 3.8) is 0 Å². The number of fused-ring (bicyclic) bond motifs is 1. The maximum absolute atomic E-state index is 14.2. The molecule has 1 unspecified atom stereocenters. The number of likely N-dealkylation sites (N-methyl/N-ethyl adjacent to an activating group) is 1. The molecule has 3 heterocycles. The third-order valence-electron chi connectivity index (χ3n) is 3.69. The van der Waals surface area contributed by atoms with Gasteiger partial charge in [0.05, 0.1) is 18.4 Å². The van der Waals surface area contributed by atoms with E-state index in [1.807, 2.05) is 0 Å². The molecule has 3 rings (SSSR count). The highest BCUT2D eigenvalue weighted by Crippen LogP contribution is 2.32. The predicted molar refractivity (Wildman–Crippen MR) is 61.6 cm³/mol. The zero-order valence-electron chi connectivity index (χ0n) is 10.3. The zero-order valence-corrected chi connectivity index (χ0v) is 10.3. The van der Waals surface area contributed by atoms with Gasteiger partial charge in [0, 0.05) is 26.2 Å². The summed E-state index contributed by atoms with van der Waals surface area (Å²) in [5, 5.41) is 0. The second-order valence-corrected chi connectivity index (χ2v) is 4.89. The van der Waals surface area contributed by atoms with Gasteiger partial charge in [-0.2, -0.15) is 0 Å². The number of alkyl halides is 1. The number of amides is 1. The number of imidazole rings is 1. The summed E-state index contributed by atoms with van der Waals surface area (Å²) in [7, 11) is 1.61. The zero-order chi connectivity index (χ0) is 12.7. The SMILES string of the molecule is CN1Cc2cnc(C3CCOCC3)n2C(F)C1=O. The van der Waals surface area contributed by atoms with Crippen molar-refractivity contribution in [2.75, 3.05) is 20.3 Å². The molecule has 2 aliphatic rings. The molecule has 1 fully saturated rings. The average Bonchev–Trinajstić information content (AvgIpc) is 2.81. The van der Waals surface area contributed by atoms with Crippen LogP contribution in [0.3, 0.4) is 0 Å². The monoisotopic (exact) mass is 253 g/mol. The number of nitrogens with zero attached hydrogens (tertiary/aromatic N) is 3. The van der Waals surface area contributed by atoms with Crippen LogP contribution in [-0.4, -0.2) is 40.6 Å². The molecule has 6 heteroatoms. The Morgan fingerprint density at radius 2 is 2.17 bits per heavy atom. The Morgan fingerprint density at radius 1 is 1.44 bits per heavy atom. The van der Waals surface area contributed by atoms with Gasteiger partial charge in [0.25, 0.3) is 12.2 Å². The fourth-order valence-electron chi connectivity index (χ4n) is 2.66. The van der Waals surface area contributed by atoms with Crippen LogP contribution < -0.4 is 0 Å². The molecule has 1 amide bonds. The number of halogens is 1. The smallest absolute Gasteiger partial charge is 0.278 e. The van der Waals surface area contributed by atoms with Crippen molar-refractivity contribution in [3.05, 3.63) is 17.7 Å². The first kappa shape index (κ1) is 11.6. The molecule has 0 spiro atoms. The van der Waals surface area contributed by atoms with E-state index in [0.29, 0.717) is 25.6 Å². The van der Waals surface area contributed by atoms with Crippen LogP contribution >= 0.6 is 0 Å². The molecule has 0 aromatic carbocycles. The highest BCUT2D eigenvalue weighted by atomic mass is 19.1. The Bertz CT molecular complexity index is 468. The Morgan fingerprint density at radius 3 is 2.89 bits per heavy atom. The summed E-state index contributed by atoms with van der Waals surface area (Å²) in [4.78, 5) is 17.4. The van der Waals surface area contributed by atoms with Crippen LogP contribution in [-0.2, 0) is 16.1 Å². The van der Waals surface area contributed by atoms with E-state index in [2.05, 4.69) is 4.98 Å². The van der Waals surface area contributed by atoms with Gasteiger partial charge in [-0.25, -0.2) is 9.37 Å². The minimum atomic E-state index is -1.63. The summed E-state index contributed by atoms with van der Waals surface area (Å²) in [6.45, 7) is 1.78. The second-order valence-electron chi connectivity index (χ2n) is 4.89. The van der Waals surface area contributed by atoms with Crippen LogP contribution in [0.15, 0.2) is 6.20 Å². The lowest BCUT2D eigenvalue weighted by molar-refractivity contribution is -0.141. The summed E-state index contributed by atoms with van der Waals surface area (Å²) < 4.78 is 20.9. The first-order valence-corrected chi connectivity index (χ1v) is 6.21. The van der Waals surface area contributed by atoms with Crippen molar-refractivity contribution in [3.8, 4) is 0 Å². The molecule has 0 saturated carbocycles. The first-order chi connectivity index (χ1) is 8.68. The highest BCUT2D eigenvalue weighted by Gasteiger charge is 2.35. The third kappa shape index (κ3) is 1.71. The summed E-state index contributed by atoms with van der Waals surface area (Å²) in [6, 6.07) is 0. The molecule has 0 bridgehead atoms. The van der Waals surface area contributed by atoms with Crippen molar-refractivity contribution >= 4 is 5.91 Å². The van der Waals surface area contributed by atoms with Gasteiger partial charge in [-0.3, -0.25) is 9.36 Å². The minimum absolute atomic E-state index is 0.196. The molecule has 1 atom stereocenters. The van der Waals surface area contributed by atoms with E-state index in [1.54, 1.807) is 13.2 Å². The molecule has 1 aromatic rings. The molecule has 0 aliphatic carbocycles. The fourth-order valence-corrected chi connectivity index (χ4v) is 2.66. The van der Waals surface area contributed by atoms with Gasteiger partial charge in [-0.05, 0) is 12.8 Å². The molecular formula is C12H16FN3O2. The van der Waals surface area contributed by atoms with E-state index in [1.165, 1.54) is 9.47 Å². The van der Waals surface area contributed by atoms with Gasteiger partial charge in [0.15, 0.2) is 0 Å². The topological polar surface area (TPSA) is 47.4 Å². The number of rotatable bonds is 1. The average molecular weight is 253 g/mol. The second kappa shape index (κ2) is 4.35. The summed E-state index contributed by atoms with van der Waals surface area (Å²) in [5.74, 6) is 0.401. The van der Waals surface area contributed by atoms with Crippen LogP contribution in [0.25, 0.3) is 0 Å². The molecule has 5 nitrogen and oxygen atoms in total. The molecule has 1 saturated heterocycles. The fraction of sp³-hybridized carbons (Fsp3) is 0.667. The number of ether oxygens (including phenoxy) is 1. The van der Waals surface area contributed by atoms with Crippen molar-refractivity contribution in [1.29, 1.82) is 0 Å². The Kier molecular flexibility index (Phi) is 2.81. The molecule has 0 N–H and O–H groups in total. The van der Waals surface area contributed by atoms with Crippen LogP contribution in [0, 0.1) is 0 Å². The van der Waals surface area contributed by atoms with Crippen molar-refractivity contribution in [2.45, 2.75) is 31.6 Å². The number of aromatic nitrogens is 2. The van der Waals surface area contributed by atoms with Gasteiger partial charge in [0.2, 0.25) is 0 Å². The molecule has 18 heavy (non-hydrogen) atoms. The molecule has 0 radical (unpaired) electrons. The molecular weight excluding hydrogens is 237 g/mol. The van der Waals surface area contributed by atoms with Crippen LogP contribution in [0.2, 0.25) is 0 Å². The van der Waals surface area contributed by atoms with Gasteiger partial charge in [0.1, 0.15) is 5.82 Å². The number of hydrogen-bond acceptors (Lipinski definition) is 3. The maximum atomic E-state index is 14.2. The minimum Gasteiger partial charge on any atom is -0.381 e. The normalized spacial score (nSPS) is 25.3. The van der Waals surface area contributed by atoms with E-state index in [-0.39, 0.29) is 5.92 Å². The quantitative estimate of drug-likeness (QED) is 0.756. The van der Waals surface area contributed by atoms with Gasteiger partial charge < -0.3 is 9.64 Å². The van der Waals surface area contributed by atoms with Gasteiger partial charge >= 0.3 is 0 Å². The molecule has 1 aromatic heterocycles. The van der Waals surface area contributed by atoms with Crippen molar-refractivity contribution < 1.29 is 13.9 Å². The van der Waals surface area contributed by atoms with Gasteiger partial charge in [-0.1, -0.05) is 0 Å². The molecule has 98 valence electrons. The summed E-state index contributed by atoms with van der Waals surface area (Å²) >= 11 is 0.